The number of hydrogen-bond donors (Lipinski definition) is 2. The van der Waals surface area contributed by atoms with Crippen molar-refractivity contribution >= 4 is 5.82 Å². The van der Waals surface area contributed by atoms with Crippen LogP contribution in [0.5, 0.6) is 0 Å². The number of aromatic nitrogens is 2. The van der Waals surface area contributed by atoms with Gasteiger partial charge in [0.05, 0.1) is 18.6 Å². The second kappa shape index (κ2) is 3.89. The molecule has 5 nitrogen and oxygen atoms in total. The molecule has 1 aliphatic rings. The Bertz CT molecular complexity index is 319. The maximum absolute atomic E-state index is 9.71. The Labute approximate surface area is 81.9 Å². The number of hydrogen-bond acceptors (Lipinski definition) is 5. The van der Waals surface area contributed by atoms with Gasteiger partial charge in [-0.25, -0.2) is 9.97 Å². The maximum Gasteiger partial charge on any atom is 0.138 e. The van der Waals surface area contributed by atoms with E-state index in [2.05, 4.69) is 9.97 Å². The molecule has 2 heterocycles. The molecule has 1 aromatic heterocycles. The molecule has 1 aromatic rings. The summed E-state index contributed by atoms with van der Waals surface area (Å²) in [4.78, 5) is 8.16. The van der Waals surface area contributed by atoms with E-state index in [1.54, 1.807) is 12.3 Å². The maximum atomic E-state index is 9.71. The summed E-state index contributed by atoms with van der Waals surface area (Å²) in [7, 11) is 0. The van der Waals surface area contributed by atoms with E-state index in [0.717, 1.165) is 0 Å². The van der Waals surface area contributed by atoms with Gasteiger partial charge in [0.15, 0.2) is 0 Å². The first kappa shape index (κ1) is 9.36. The predicted molar refractivity (Wildman–Crippen MR) is 50.6 cm³/mol. The van der Waals surface area contributed by atoms with Crippen LogP contribution in [0.4, 0.5) is 5.82 Å². The molecule has 1 aliphatic heterocycles. The summed E-state index contributed by atoms with van der Waals surface area (Å²) in [6.45, 7) is 1.06. The van der Waals surface area contributed by atoms with Gasteiger partial charge in [-0.05, 0) is 12.5 Å². The zero-order chi connectivity index (χ0) is 9.97. The molecule has 0 aromatic carbocycles. The molecule has 0 radical (unpaired) electrons. The van der Waals surface area contributed by atoms with Crippen LogP contribution in [0.1, 0.15) is 18.2 Å². The van der Waals surface area contributed by atoms with Crippen LogP contribution >= 0.6 is 0 Å². The fraction of sp³-hybridized carbons (Fsp3) is 0.556. The topological polar surface area (TPSA) is 81.3 Å². The van der Waals surface area contributed by atoms with E-state index in [1.165, 1.54) is 0 Å². The van der Waals surface area contributed by atoms with Crippen molar-refractivity contribution in [2.75, 3.05) is 18.9 Å². The third-order valence-corrected chi connectivity index (χ3v) is 2.35. The molecule has 0 saturated carbocycles. The number of rotatable bonds is 1. The van der Waals surface area contributed by atoms with Crippen LogP contribution < -0.4 is 5.73 Å². The number of anilines is 1. The quantitative estimate of drug-likeness (QED) is 0.655. The van der Waals surface area contributed by atoms with E-state index >= 15 is 0 Å². The minimum absolute atomic E-state index is 0.146. The number of nitrogen functional groups attached to an aromatic ring is 1. The summed E-state index contributed by atoms with van der Waals surface area (Å²) in [5.41, 5.74) is 5.54. The second-order valence-corrected chi connectivity index (χ2v) is 3.38. The molecule has 3 N–H and O–H groups in total. The average Bonchev–Trinajstić information content (AvgIpc) is 2.18. The lowest BCUT2D eigenvalue weighted by molar-refractivity contribution is -0.00837. The van der Waals surface area contributed by atoms with Crippen molar-refractivity contribution in [1.82, 2.24) is 9.97 Å². The van der Waals surface area contributed by atoms with E-state index < -0.39 is 6.10 Å². The van der Waals surface area contributed by atoms with Crippen LogP contribution in [0.15, 0.2) is 12.3 Å². The Morgan fingerprint density at radius 3 is 3.14 bits per heavy atom. The molecule has 0 spiro atoms. The van der Waals surface area contributed by atoms with Gasteiger partial charge in [-0.3, -0.25) is 0 Å². The third kappa shape index (κ3) is 1.83. The average molecular weight is 195 g/mol. The highest BCUT2D eigenvalue weighted by molar-refractivity contribution is 5.26. The van der Waals surface area contributed by atoms with Gasteiger partial charge in [0.2, 0.25) is 0 Å². The molecule has 1 saturated heterocycles. The number of nitrogens with zero attached hydrogens (tertiary/aromatic N) is 2. The van der Waals surface area contributed by atoms with Crippen LogP contribution in [0.25, 0.3) is 0 Å². The summed E-state index contributed by atoms with van der Waals surface area (Å²) in [5, 5.41) is 9.71. The van der Waals surface area contributed by atoms with Crippen molar-refractivity contribution in [3.8, 4) is 0 Å². The van der Waals surface area contributed by atoms with E-state index in [9.17, 15) is 5.11 Å². The van der Waals surface area contributed by atoms with Crippen LogP contribution in [-0.4, -0.2) is 34.4 Å². The summed E-state index contributed by atoms with van der Waals surface area (Å²) >= 11 is 0. The summed E-state index contributed by atoms with van der Waals surface area (Å²) in [6.07, 6.45) is 1.80. The summed E-state index contributed by atoms with van der Waals surface area (Å²) < 4.78 is 5.27. The van der Waals surface area contributed by atoms with Crippen molar-refractivity contribution in [3.05, 3.63) is 18.1 Å². The molecule has 2 unspecified atom stereocenters. The Morgan fingerprint density at radius 2 is 2.43 bits per heavy atom. The summed E-state index contributed by atoms with van der Waals surface area (Å²) in [6, 6.07) is 1.62. The highest BCUT2D eigenvalue weighted by Gasteiger charge is 2.27. The van der Waals surface area contributed by atoms with E-state index in [1.807, 2.05) is 0 Å². The fourth-order valence-corrected chi connectivity index (χ4v) is 1.54. The summed E-state index contributed by atoms with van der Waals surface area (Å²) in [5.74, 6) is 0.845. The molecule has 5 heteroatoms. The van der Waals surface area contributed by atoms with E-state index in [-0.39, 0.29) is 5.92 Å². The van der Waals surface area contributed by atoms with Gasteiger partial charge in [0, 0.05) is 12.8 Å². The van der Waals surface area contributed by atoms with Gasteiger partial charge in [-0.1, -0.05) is 0 Å². The SMILES string of the molecule is Nc1ccnc(C2COCCC2O)n1. The lowest BCUT2D eigenvalue weighted by atomic mass is 9.98. The molecule has 14 heavy (non-hydrogen) atoms. The number of aliphatic hydroxyl groups is 1. The number of aliphatic hydroxyl groups excluding tert-OH is 1. The van der Waals surface area contributed by atoms with Crippen molar-refractivity contribution in [3.63, 3.8) is 0 Å². The third-order valence-electron chi connectivity index (χ3n) is 2.35. The van der Waals surface area contributed by atoms with Crippen molar-refractivity contribution in [2.24, 2.45) is 0 Å². The normalized spacial score (nSPS) is 27.5. The molecular formula is C9H13N3O2. The van der Waals surface area contributed by atoms with Gasteiger partial charge in [-0.2, -0.15) is 0 Å². The Morgan fingerprint density at radius 1 is 1.57 bits per heavy atom. The number of nitrogens with two attached hydrogens (primary N) is 1. The van der Waals surface area contributed by atoms with E-state index in [4.69, 9.17) is 10.5 Å². The van der Waals surface area contributed by atoms with E-state index in [0.29, 0.717) is 31.3 Å². The lowest BCUT2D eigenvalue weighted by Gasteiger charge is -2.26. The van der Waals surface area contributed by atoms with Gasteiger partial charge < -0.3 is 15.6 Å². The Balaban J connectivity index is 2.20. The zero-order valence-electron chi connectivity index (χ0n) is 7.76. The van der Waals surface area contributed by atoms with Crippen LogP contribution in [-0.2, 0) is 4.74 Å². The van der Waals surface area contributed by atoms with Gasteiger partial charge >= 0.3 is 0 Å². The second-order valence-electron chi connectivity index (χ2n) is 3.38. The molecule has 76 valence electrons. The molecule has 0 amide bonds. The smallest absolute Gasteiger partial charge is 0.138 e. The largest absolute Gasteiger partial charge is 0.392 e. The van der Waals surface area contributed by atoms with Crippen LogP contribution in [0.2, 0.25) is 0 Å². The first-order valence-corrected chi connectivity index (χ1v) is 4.61. The molecule has 0 aliphatic carbocycles. The highest BCUT2D eigenvalue weighted by atomic mass is 16.5. The standard InChI is InChI=1S/C9H13N3O2/c10-8-1-3-11-9(12-8)6-5-14-4-2-7(6)13/h1,3,6-7,13H,2,4-5H2,(H2,10,11,12). The van der Waals surface area contributed by atoms with Crippen molar-refractivity contribution in [1.29, 1.82) is 0 Å². The molecule has 0 bridgehead atoms. The fourth-order valence-electron chi connectivity index (χ4n) is 1.54. The van der Waals surface area contributed by atoms with Gasteiger partial charge in [0.1, 0.15) is 11.6 Å². The van der Waals surface area contributed by atoms with Crippen LogP contribution in [0, 0.1) is 0 Å². The Hall–Kier alpha value is -1.20. The predicted octanol–water partition coefficient (Wildman–Crippen LogP) is -0.0764. The monoisotopic (exact) mass is 195 g/mol. The molecule has 1 fully saturated rings. The minimum Gasteiger partial charge on any atom is -0.392 e. The zero-order valence-corrected chi connectivity index (χ0v) is 7.76. The molecule has 2 rings (SSSR count). The molecule has 2 atom stereocenters. The van der Waals surface area contributed by atoms with Crippen molar-refractivity contribution in [2.45, 2.75) is 18.4 Å². The number of ether oxygens (including phenoxy) is 1. The van der Waals surface area contributed by atoms with Crippen molar-refractivity contribution < 1.29 is 9.84 Å². The highest BCUT2D eigenvalue weighted by Crippen LogP contribution is 2.23. The minimum atomic E-state index is -0.425. The lowest BCUT2D eigenvalue weighted by Crippen LogP contribution is -2.31. The Kier molecular flexibility index (Phi) is 2.60. The van der Waals surface area contributed by atoms with Crippen LogP contribution in [0.3, 0.4) is 0 Å². The van der Waals surface area contributed by atoms with Gasteiger partial charge in [-0.15, -0.1) is 0 Å². The first-order valence-electron chi connectivity index (χ1n) is 4.61. The molecular weight excluding hydrogens is 182 g/mol. The first-order chi connectivity index (χ1) is 6.77. The van der Waals surface area contributed by atoms with Gasteiger partial charge in [0.25, 0.3) is 0 Å².